The summed E-state index contributed by atoms with van der Waals surface area (Å²) in [4.78, 5) is 30.0. The Hall–Kier alpha value is -1.45. The van der Waals surface area contributed by atoms with Crippen molar-refractivity contribution < 1.29 is 22.7 Å². The van der Waals surface area contributed by atoms with E-state index in [9.17, 15) is 18.0 Å². The molecule has 4 heterocycles. The third kappa shape index (κ3) is 3.17. The van der Waals surface area contributed by atoms with Gasteiger partial charge in [-0.15, -0.1) is 0 Å². The molecule has 4 rings (SSSR count). The van der Waals surface area contributed by atoms with Crippen molar-refractivity contribution in [1.82, 2.24) is 14.1 Å². The predicted octanol–water partition coefficient (Wildman–Crippen LogP) is -0.0817. The summed E-state index contributed by atoms with van der Waals surface area (Å²) in [5.41, 5.74) is -0.726. The van der Waals surface area contributed by atoms with Crippen molar-refractivity contribution in [3.63, 3.8) is 0 Å². The first kappa shape index (κ1) is 19.8. The summed E-state index contributed by atoms with van der Waals surface area (Å²) < 4.78 is 31.0. The average molecular weight is 412 g/mol. The topological polar surface area (TPSA) is 87.2 Å². The largest absolute Gasteiger partial charge is 0.360 e. The van der Waals surface area contributed by atoms with E-state index < -0.39 is 27.5 Å². The number of ether oxygens (including phenoxy) is 1. The lowest BCUT2D eigenvalue weighted by atomic mass is 9.76. The van der Waals surface area contributed by atoms with Crippen molar-refractivity contribution in [2.75, 3.05) is 45.5 Å². The molecule has 0 aliphatic carbocycles. The van der Waals surface area contributed by atoms with E-state index in [2.05, 4.69) is 20.8 Å². The van der Waals surface area contributed by atoms with Crippen molar-refractivity contribution in [2.45, 2.75) is 32.5 Å². The number of carbonyl (C=O) groups is 2. The van der Waals surface area contributed by atoms with Gasteiger partial charge in [-0.25, -0.2) is 8.42 Å². The van der Waals surface area contributed by atoms with E-state index in [0.29, 0.717) is 39.3 Å². The molecule has 0 N–H and O–H groups in total. The van der Waals surface area contributed by atoms with Gasteiger partial charge in [0.2, 0.25) is 21.8 Å². The lowest BCUT2D eigenvalue weighted by molar-refractivity contribution is -0.144. The number of hydrogen-bond donors (Lipinski definition) is 0. The zero-order chi connectivity index (χ0) is 20.5. The summed E-state index contributed by atoms with van der Waals surface area (Å²) >= 11 is 0. The van der Waals surface area contributed by atoms with Gasteiger partial charge in [0.15, 0.2) is 0 Å². The number of rotatable bonds is 3. The second-order valence-corrected chi connectivity index (χ2v) is 11.6. The molecular formula is C19H29N3O5S. The van der Waals surface area contributed by atoms with Crippen LogP contribution in [0.15, 0.2) is 12.2 Å². The minimum atomic E-state index is -3.25. The number of sulfonamides is 1. The van der Waals surface area contributed by atoms with Crippen LogP contribution in [0.2, 0.25) is 0 Å². The molecule has 4 atom stereocenters. The zero-order valence-electron chi connectivity index (χ0n) is 16.9. The van der Waals surface area contributed by atoms with Crippen LogP contribution in [0.25, 0.3) is 0 Å². The highest BCUT2D eigenvalue weighted by Gasteiger charge is 2.67. The van der Waals surface area contributed by atoms with Gasteiger partial charge in [0.05, 0.1) is 30.7 Å². The average Bonchev–Trinajstić information content (AvgIpc) is 3.21. The molecule has 2 amide bonds. The molecule has 3 fully saturated rings. The maximum atomic E-state index is 13.3. The van der Waals surface area contributed by atoms with Crippen LogP contribution in [0.4, 0.5) is 0 Å². The van der Waals surface area contributed by atoms with E-state index in [1.165, 1.54) is 10.6 Å². The zero-order valence-corrected chi connectivity index (χ0v) is 17.7. The Labute approximate surface area is 166 Å². The Balaban J connectivity index is 1.51. The lowest BCUT2D eigenvalue weighted by Crippen LogP contribution is -2.54. The predicted molar refractivity (Wildman–Crippen MR) is 103 cm³/mol. The van der Waals surface area contributed by atoms with Crippen molar-refractivity contribution in [3.8, 4) is 0 Å². The molecular weight excluding hydrogens is 382 g/mol. The van der Waals surface area contributed by atoms with Gasteiger partial charge in [-0.1, -0.05) is 32.9 Å². The standard InChI is InChI=1S/C19H29N3O5S/c1-18(2,3)11-21-12-19-6-5-13(27-19)14(15(19)17(21)24)16(23)20-7-9-22(10-8-20)28(4,25)26/h5-6,13-15H,7-12H2,1-4H3/t13-,14+,15+,19-/m0/s1. The SMILES string of the molecule is CC(C)(C)CN1C[C@]23C=C[C@H](O2)[C@@H](C(=O)N2CCN(S(C)(=O)=O)CC2)[C@@H]3C1=O. The first-order valence-electron chi connectivity index (χ1n) is 9.81. The van der Waals surface area contributed by atoms with E-state index in [1.807, 2.05) is 17.1 Å². The molecule has 0 aromatic heterocycles. The van der Waals surface area contributed by atoms with Gasteiger partial charge < -0.3 is 14.5 Å². The molecule has 0 radical (unpaired) electrons. The number of amides is 2. The van der Waals surface area contributed by atoms with Gasteiger partial charge in [0.1, 0.15) is 5.60 Å². The molecule has 1 spiro atoms. The third-order valence-electron chi connectivity index (χ3n) is 6.15. The van der Waals surface area contributed by atoms with E-state index in [0.717, 1.165) is 0 Å². The fraction of sp³-hybridized carbons (Fsp3) is 0.789. The summed E-state index contributed by atoms with van der Waals surface area (Å²) in [6, 6.07) is 0. The summed E-state index contributed by atoms with van der Waals surface area (Å²) in [5.74, 6) is -1.10. The third-order valence-corrected chi connectivity index (χ3v) is 7.45. The van der Waals surface area contributed by atoms with Gasteiger partial charge in [0, 0.05) is 32.7 Å². The van der Waals surface area contributed by atoms with Crippen LogP contribution in [-0.4, -0.2) is 91.6 Å². The highest BCUT2D eigenvalue weighted by Crippen LogP contribution is 2.52. The number of nitrogens with zero attached hydrogens (tertiary/aromatic N) is 3. The van der Waals surface area contributed by atoms with Gasteiger partial charge in [-0.2, -0.15) is 4.31 Å². The van der Waals surface area contributed by atoms with Crippen molar-refractivity contribution in [1.29, 1.82) is 0 Å². The molecule has 0 aromatic carbocycles. The molecule has 2 bridgehead atoms. The molecule has 156 valence electrons. The Morgan fingerprint density at radius 2 is 1.89 bits per heavy atom. The van der Waals surface area contributed by atoms with Gasteiger partial charge >= 0.3 is 0 Å². The number of hydrogen-bond acceptors (Lipinski definition) is 5. The summed E-state index contributed by atoms with van der Waals surface area (Å²) in [6.07, 6.45) is 4.70. The number of likely N-dealkylation sites (tertiary alicyclic amines) is 1. The van der Waals surface area contributed by atoms with Crippen molar-refractivity contribution in [2.24, 2.45) is 17.3 Å². The smallest absolute Gasteiger partial charge is 0.230 e. The van der Waals surface area contributed by atoms with Crippen LogP contribution in [0.1, 0.15) is 20.8 Å². The fourth-order valence-corrected chi connectivity index (χ4v) is 5.84. The number of fused-ring (bicyclic) bond motifs is 1. The van der Waals surface area contributed by atoms with E-state index >= 15 is 0 Å². The van der Waals surface area contributed by atoms with Crippen LogP contribution in [0, 0.1) is 17.3 Å². The molecule has 8 nitrogen and oxygen atoms in total. The Kier molecular flexibility index (Phi) is 4.45. The first-order chi connectivity index (χ1) is 12.9. The van der Waals surface area contributed by atoms with Gasteiger partial charge in [-0.3, -0.25) is 9.59 Å². The number of piperazine rings is 1. The van der Waals surface area contributed by atoms with E-state index in [1.54, 1.807) is 4.90 Å². The van der Waals surface area contributed by atoms with Crippen molar-refractivity contribution >= 4 is 21.8 Å². The second-order valence-electron chi connectivity index (χ2n) is 9.64. The number of carbonyl (C=O) groups excluding carboxylic acids is 2. The summed E-state index contributed by atoms with van der Waals surface area (Å²) in [5, 5.41) is 0. The van der Waals surface area contributed by atoms with Crippen molar-refractivity contribution in [3.05, 3.63) is 12.2 Å². The lowest BCUT2D eigenvalue weighted by Gasteiger charge is -2.36. The molecule has 28 heavy (non-hydrogen) atoms. The summed E-state index contributed by atoms with van der Waals surface area (Å²) in [6.45, 7) is 8.65. The molecule has 3 saturated heterocycles. The quantitative estimate of drug-likeness (QED) is 0.606. The first-order valence-corrected chi connectivity index (χ1v) is 11.7. The molecule has 4 aliphatic rings. The maximum absolute atomic E-state index is 13.3. The molecule has 9 heteroatoms. The molecule has 0 saturated carbocycles. The Bertz CT molecular complexity index is 825. The maximum Gasteiger partial charge on any atom is 0.230 e. The van der Waals surface area contributed by atoms with Crippen LogP contribution in [-0.2, 0) is 24.3 Å². The van der Waals surface area contributed by atoms with Crippen LogP contribution in [0.5, 0.6) is 0 Å². The highest BCUT2D eigenvalue weighted by atomic mass is 32.2. The van der Waals surface area contributed by atoms with Crippen LogP contribution < -0.4 is 0 Å². The highest BCUT2D eigenvalue weighted by molar-refractivity contribution is 7.88. The second kappa shape index (κ2) is 6.27. The fourth-order valence-electron chi connectivity index (χ4n) is 5.02. The molecule has 0 unspecified atom stereocenters. The monoisotopic (exact) mass is 411 g/mol. The van der Waals surface area contributed by atoms with Gasteiger partial charge in [-0.05, 0) is 5.41 Å². The summed E-state index contributed by atoms with van der Waals surface area (Å²) in [7, 11) is -3.25. The molecule has 4 aliphatic heterocycles. The normalized spacial score (nSPS) is 35.7. The van der Waals surface area contributed by atoms with Crippen LogP contribution in [0.3, 0.4) is 0 Å². The Morgan fingerprint density at radius 3 is 2.46 bits per heavy atom. The molecule has 0 aromatic rings. The van der Waals surface area contributed by atoms with Gasteiger partial charge in [0.25, 0.3) is 0 Å². The Morgan fingerprint density at radius 1 is 1.25 bits per heavy atom. The van der Waals surface area contributed by atoms with E-state index in [4.69, 9.17) is 4.74 Å². The minimum Gasteiger partial charge on any atom is -0.360 e. The van der Waals surface area contributed by atoms with E-state index in [-0.39, 0.29) is 23.3 Å². The van der Waals surface area contributed by atoms with Crippen LogP contribution >= 0.6 is 0 Å². The minimum absolute atomic E-state index is 0.00473.